The van der Waals surface area contributed by atoms with Crippen LogP contribution in [0.25, 0.3) is 0 Å². The van der Waals surface area contributed by atoms with E-state index in [-0.39, 0.29) is 17.5 Å². The molecule has 1 unspecified atom stereocenters. The molecule has 1 aliphatic rings. The highest BCUT2D eigenvalue weighted by molar-refractivity contribution is 5.97. The maximum Gasteiger partial charge on any atom is 0.252 e. The van der Waals surface area contributed by atoms with Crippen LogP contribution in [0.3, 0.4) is 0 Å². The fourth-order valence-electron chi connectivity index (χ4n) is 4.90. The molecule has 1 atom stereocenters. The lowest BCUT2D eigenvalue weighted by molar-refractivity contribution is 0.0765. The van der Waals surface area contributed by atoms with Crippen LogP contribution in [0.1, 0.15) is 64.3 Å². The Balaban J connectivity index is 2.01. The molecule has 1 aliphatic carbocycles. The molecule has 3 rings (SSSR count). The predicted molar refractivity (Wildman–Crippen MR) is 112 cm³/mol. The maximum absolute atomic E-state index is 13.4. The van der Waals surface area contributed by atoms with Gasteiger partial charge < -0.3 is 10.2 Å². The van der Waals surface area contributed by atoms with Gasteiger partial charge in [-0.15, -0.1) is 0 Å². The van der Waals surface area contributed by atoms with Gasteiger partial charge in [-0.05, 0) is 64.4 Å². The Morgan fingerprint density at radius 2 is 1.56 bits per heavy atom. The lowest BCUT2D eigenvalue weighted by atomic mass is 9.82. The summed E-state index contributed by atoms with van der Waals surface area (Å²) in [6.45, 7) is 6.14. The van der Waals surface area contributed by atoms with Crippen molar-refractivity contribution in [3.63, 3.8) is 0 Å². The van der Waals surface area contributed by atoms with Gasteiger partial charge in [0.25, 0.3) is 5.91 Å². The zero-order valence-electron chi connectivity index (χ0n) is 17.3. The van der Waals surface area contributed by atoms with E-state index < -0.39 is 0 Å². The minimum atomic E-state index is -0.0382. The molecule has 0 saturated heterocycles. The van der Waals surface area contributed by atoms with E-state index in [4.69, 9.17) is 0 Å². The van der Waals surface area contributed by atoms with Crippen molar-refractivity contribution >= 4 is 5.91 Å². The molecule has 1 N–H and O–H groups in total. The van der Waals surface area contributed by atoms with Gasteiger partial charge in [0.15, 0.2) is 0 Å². The highest BCUT2D eigenvalue weighted by atomic mass is 16.1. The lowest BCUT2D eigenvalue weighted by Crippen LogP contribution is -2.53. The second-order valence-corrected chi connectivity index (χ2v) is 8.30. The van der Waals surface area contributed by atoms with E-state index in [2.05, 4.69) is 67.6 Å². The van der Waals surface area contributed by atoms with Gasteiger partial charge in [-0.1, -0.05) is 60.9 Å². The Labute approximate surface area is 163 Å². The van der Waals surface area contributed by atoms with Crippen LogP contribution in [0.5, 0.6) is 0 Å². The van der Waals surface area contributed by atoms with E-state index in [0.29, 0.717) is 0 Å². The van der Waals surface area contributed by atoms with Crippen LogP contribution in [0, 0.1) is 20.8 Å². The monoisotopic (exact) mass is 364 g/mol. The molecule has 2 aromatic rings. The van der Waals surface area contributed by atoms with E-state index in [1.165, 1.54) is 24.0 Å². The molecule has 0 heterocycles. The van der Waals surface area contributed by atoms with Crippen molar-refractivity contribution in [1.29, 1.82) is 0 Å². The molecule has 144 valence electrons. The zero-order valence-corrected chi connectivity index (χ0v) is 17.3. The zero-order chi connectivity index (χ0) is 19.6. The van der Waals surface area contributed by atoms with Crippen molar-refractivity contribution in [1.82, 2.24) is 10.2 Å². The molecular weight excluding hydrogens is 332 g/mol. The molecule has 0 aromatic heterocycles. The summed E-state index contributed by atoms with van der Waals surface area (Å²) in [5, 5.41) is 3.43. The third-order valence-corrected chi connectivity index (χ3v) is 6.21. The van der Waals surface area contributed by atoms with Gasteiger partial charge in [-0.25, -0.2) is 0 Å². The van der Waals surface area contributed by atoms with Crippen molar-refractivity contribution < 1.29 is 4.79 Å². The van der Waals surface area contributed by atoms with Gasteiger partial charge in [0.1, 0.15) is 0 Å². The summed E-state index contributed by atoms with van der Waals surface area (Å²) in [5.41, 5.74) is 5.24. The fraction of sp³-hybridized carbons (Fsp3) is 0.458. The average Bonchev–Trinajstić information content (AvgIpc) is 3.10. The molecule has 2 aromatic carbocycles. The number of nitrogens with one attached hydrogen (secondary N) is 1. The quantitative estimate of drug-likeness (QED) is 0.813. The molecule has 1 fully saturated rings. The molecule has 1 saturated carbocycles. The first kappa shape index (κ1) is 19.6. The number of hydrogen-bond acceptors (Lipinski definition) is 2. The minimum Gasteiger partial charge on any atom is -0.343 e. The molecule has 3 nitrogen and oxygen atoms in total. The first-order valence-electron chi connectivity index (χ1n) is 9.96. The molecule has 0 radical (unpaired) electrons. The standard InChI is InChI=1S/C24H32N2O/c1-17-15-18(2)21(19(3)16-17)23(27)25-22(20-11-7-6-8-12-20)24(26(4)5)13-9-10-14-24/h6-8,11-12,15-16,22H,9-10,13-14H2,1-5H3,(H,25,27). The van der Waals surface area contributed by atoms with Crippen molar-refractivity contribution in [3.8, 4) is 0 Å². The number of carbonyl (C=O) groups excluding carboxylic acids is 1. The van der Waals surface area contributed by atoms with Gasteiger partial charge in [-0.2, -0.15) is 0 Å². The SMILES string of the molecule is Cc1cc(C)c(C(=O)NC(c2ccccc2)C2(N(C)C)CCCC2)c(C)c1. The first-order valence-corrected chi connectivity index (χ1v) is 9.96. The van der Waals surface area contributed by atoms with Gasteiger partial charge in [0.2, 0.25) is 0 Å². The Bertz CT molecular complexity index is 781. The second kappa shape index (κ2) is 7.85. The summed E-state index contributed by atoms with van der Waals surface area (Å²) < 4.78 is 0. The summed E-state index contributed by atoms with van der Waals surface area (Å²) in [6, 6.07) is 14.6. The van der Waals surface area contributed by atoms with E-state index in [1.54, 1.807) is 0 Å². The Kier molecular flexibility index (Phi) is 5.71. The van der Waals surface area contributed by atoms with Crippen molar-refractivity contribution in [2.24, 2.45) is 0 Å². The summed E-state index contributed by atoms with van der Waals surface area (Å²) in [5.74, 6) is 0.0342. The lowest BCUT2D eigenvalue weighted by Gasteiger charge is -2.44. The molecular formula is C24H32N2O. The second-order valence-electron chi connectivity index (χ2n) is 8.30. The molecule has 0 bridgehead atoms. The van der Waals surface area contributed by atoms with Crippen LogP contribution in [0.15, 0.2) is 42.5 Å². The highest BCUT2D eigenvalue weighted by Gasteiger charge is 2.44. The van der Waals surface area contributed by atoms with Crippen molar-refractivity contribution in [3.05, 3.63) is 70.3 Å². The average molecular weight is 365 g/mol. The number of nitrogens with zero attached hydrogens (tertiary/aromatic N) is 1. The maximum atomic E-state index is 13.4. The molecule has 1 amide bonds. The van der Waals surface area contributed by atoms with Crippen LogP contribution in [0.2, 0.25) is 0 Å². The van der Waals surface area contributed by atoms with Crippen LogP contribution >= 0.6 is 0 Å². The van der Waals surface area contributed by atoms with Gasteiger partial charge in [0.05, 0.1) is 6.04 Å². The number of amides is 1. The largest absolute Gasteiger partial charge is 0.343 e. The summed E-state index contributed by atoms with van der Waals surface area (Å²) in [7, 11) is 4.30. The summed E-state index contributed by atoms with van der Waals surface area (Å²) >= 11 is 0. The van der Waals surface area contributed by atoms with Crippen molar-refractivity contribution in [2.45, 2.75) is 58.0 Å². The third kappa shape index (κ3) is 3.79. The smallest absolute Gasteiger partial charge is 0.252 e. The van der Waals surface area contributed by atoms with Gasteiger partial charge in [0, 0.05) is 11.1 Å². The number of benzene rings is 2. The van der Waals surface area contributed by atoms with E-state index >= 15 is 0 Å². The predicted octanol–water partition coefficient (Wildman–Crippen LogP) is 4.96. The third-order valence-electron chi connectivity index (χ3n) is 6.21. The molecule has 0 spiro atoms. The normalized spacial score (nSPS) is 17.1. The topological polar surface area (TPSA) is 32.3 Å². The van der Waals surface area contributed by atoms with E-state index in [0.717, 1.165) is 29.5 Å². The molecule has 0 aliphatic heterocycles. The molecule has 3 heteroatoms. The van der Waals surface area contributed by atoms with Crippen LogP contribution < -0.4 is 5.32 Å². The van der Waals surface area contributed by atoms with Crippen LogP contribution in [-0.4, -0.2) is 30.4 Å². The Hall–Kier alpha value is -2.13. The van der Waals surface area contributed by atoms with E-state index in [9.17, 15) is 4.79 Å². The van der Waals surface area contributed by atoms with Crippen LogP contribution in [-0.2, 0) is 0 Å². The fourth-order valence-corrected chi connectivity index (χ4v) is 4.90. The Morgan fingerprint density at radius 1 is 1.00 bits per heavy atom. The van der Waals surface area contributed by atoms with E-state index in [1.807, 2.05) is 19.9 Å². The number of aryl methyl sites for hydroxylation is 3. The molecule has 27 heavy (non-hydrogen) atoms. The van der Waals surface area contributed by atoms with Crippen LogP contribution in [0.4, 0.5) is 0 Å². The summed E-state index contributed by atoms with van der Waals surface area (Å²) in [4.78, 5) is 15.7. The highest BCUT2D eigenvalue weighted by Crippen LogP contribution is 2.43. The number of hydrogen-bond donors (Lipinski definition) is 1. The summed E-state index contributed by atoms with van der Waals surface area (Å²) in [6.07, 6.45) is 4.62. The van der Waals surface area contributed by atoms with Gasteiger partial charge >= 0.3 is 0 Å². The minimum absolute atomic E-state index is 0.0243. The number of carbonyl (C=O) groups is 1. The first-order chi connectivity index (χ1) is 12.8. The Morgan fingerprint density at radius 3 is 2.07 bits per heavy atom. The van der Waals surface area contributed by atoms with Gasteiger partial charge in [-0.3, -0.25) is 4.79 Å². The number of likely N-dealkylation sites (N-methyl/N-ethyl adjacent to an activating group) is 1. The number of rotatable bonds is 5. The van der Waals surface area contributed by atoms with Crippen molar-refractivity contribution in [2.75, 3.05) is 14.1 Å².